The second-order valence-electron chi connectivity index (χ2n) is 7.04. The zero-order valence-corrected chi connectivity index (χ0v) is 15.8. The number of nitrogens with zero attached hydrogens (tertiary/aromatic N) is 3. The van der Waals surface area contributed by atoms with Crippen molar-refractivity contribution in [2.75, 3.05) is 18.4 Å². The van der Waals surface area contributed by atoms with Crippen LogP contribution in [0.15, 0.2) is 45.5 Å². The number of pyridine rings is 1. The summed E-state index contributed by atoms with van der Waals surface area (Å²) in [5.41, 5.74) is 2.87. The van der Waals surface area contributed by atoms with Crippen molar-refractivity contribution in [3.8, 4) is 0 Å². The maximum atomic E-state index is 12.9. The Bertz CT molecular complexity index is 1060. The van der Waals surface area contributed by atoms with Gasteiger partial charge in [0.2, 0.25) is 5.91 Å². The van der Waals surface area contributed by atoms with Gasteiger partial charge >= 0.3 is 6.01 Å². The second-order valence-corrected chi connectivity index (χ2v) is 7.96. The largest absolute Gasteiger partial charge is 0.422 e. The van der Waals surface area contributed by atoms with E-state index in [-0.39, 0.29) is 29.8 Å². The molecule has 5 rings (SSSR count). The second kappa shape index (κ2) is 5.88. The minimum atomic E-state index is -0.334. The highest BCUT2D eigenvalue weighted by atomic mass is 79.9. The lowest BCUT2D eigenvalue weighted by Crippen LogP contribution is -2.46. The summed E-state index contributed by atoms with van der Waals surface area (Å²) in [6, 6.07) is 7.54. The molecule has 2 amide bonds. The SMILES string of the molecule is O=C(CN1CC2(CC2)c2cc(Br)ccc2C1=O)Nc1nc2ccncc2o1. The summed E-state index contributed by atoms with van der Waals surface area (Å²) < 4.78 is 6.43. The van der Waals surface area contributed by atoms with Gasteiger partial charge in [0, 0.05) is 28.2 Å². The quantitative estimate of drug-likeness (QED) is 0.694. The minimum Gasteiger partial charge on any atom is -0.422 e. The molecule has 0 bridgehead atoms. The number of hydrogen-bond acceptors (Lipinski definition) is 5. The van der Waals surface area contributed by atoms with Crippen LogP contribution < -0.4 is 5.32 Å². The third-order valence-corrected chi connectivity index (χ3v) is 5.68. The van der Waals surface area contributed by atoms with Crippen molar-refractivity contribution in [1.82, 2.24) is 14.9 Å². The van der Waals surface area contributed by atoms with E-state index in [9.17, 15) is 9.59 Å². The van der Waals surface area contributed by atoms with E-state index in [0.717, 1.165) is 22.9 Å². The fourth-order valence-electron chi connectivity index (χ4n) is 3.71. The van der Waals surface area contributed by atoms with Crippen LogP contribution in [0.1, 0.15) is 28.8 Å². The lowest BCUT2D eigenvalue weighted by molar-refractivity contribution is -0.117. The number of halogens is 1. The van der Waals surface area contributed by atoms with Crippen LogP contribution in [0.5, 0.6) is 0 Å². The maximum absolute atomic E-state index is 12.9. The minimum absolute atomic E-state index is 0.0173. The first kappa shape index (κ1) is 16.4. The van der Waals surface area contributed by atoms with Gasteiger partial charge in [0.1, 0.15) is 12.1 Å². The van der Waals surface area contributed by atoms with E-state index in [1.165, 1.54) is 6.20 Å². The van der Waals surface area contributed by atoms with Gasteiger partial charge in [-0.15, -0.1) is 0 Å². The van der Waals surface area contributed by atoms with Gasteiger partial charge in [0.05, 0.1) is 6.20 Å². The molecule has 3 aromatic rings. The molecule has 7 nitrogen and oxygen atoms in total. The fourth-order valence-corrected chi connectivity index (χ4v) is 4.07. The summed E-state index contributed by atoms with van der Waals surface area (Å²) >= 11 is 3.49. The number of benzene rings is 1. The van der Waals surface area contributed by atoms with Gasteiger partial charge in [0.15, 0.2) is 5.58 Å². The molecule has 3 heterocycles. The van der Waals surface area contributed by atoms with Crippen molar-refractivity contribution >= 4 is 44.9 Å². The molecule has 2 aromatic heterocycles. The molecule has 1 spiro atoms. The predicted octanol–water partition coefficient (Wildman–Crippen LogP) is 3.11. The lowest BCUT2D eigenvalue weighted by atomic mass is 9.86. The first-order valence-electron chi connectivity index (χ1n) is 8.64. The van der Waals surface area contributed by atoms with Crippen LogP contribution in [-0.4, -0.2) is 39.8 Å². The molecule has 27 heavy (non-hydrogen) atoms. The topological polar surface area (TPSA) is 88.3 Å². The number of rotatable bonds is 3. The van der Waals surface area contributed by atoms with Crippen molar-refractivity contribution < 1.29 is 14.0 Å². The number of hydrogen-bond donors (Lipinski definition) is 1. The van der Waals surface area contributed by atoms with Crippen LogP contribution >= 0.6 is 15.9 Å². The van der Waals surface area contributed by atoms with Crippen LogP contribution in [0.25, 0.3) is 11.1 Å². The van der Waals surface area contributed by atoms with Crippen LogP contribution in [-0.2, 0) is 10.2 Å². The molecule has 2 aliphatic rings. The molecule has 0 unspecified atom stereocenters. The van der Waals surface area contributed by atoms with Crippen LogP contribution in [0.2, 0.25) is 0 Å². The summed E-state index contributed by atoms with van der Waals surface area (Å²) in [6.45, 7) is 0.521. The first-order chi connectivity index (χ1) is 13.0. The van der Waals surface area contributed by atoms with E-state index in [1.807, 2.05) is 18.2 Å². The highest BCUT2D eigenvalue weighted by Crippen LogP contribution is 2.52. The van der Waals surface area contributed by atoms with Gasteiger partial charge in [-0.05, 0) is 42.7 Å². The van der Waals surface area contributed by atoms with Gasteiger partial charge in [0.25, 0.3) is 5.91 Å². The predicted molar refractivity (Wildman–Crippen MR) is 101 cm³/mol. The standard InChI is InChI=1S/C19H15BrN4O3/c20-11-1-2-12-13(7-11)19(4-5-19)10-24(17(12)26)9-16(25)23-18-22-14-3-6-21-8-15(14)27-18/h1-3,6-8H,4-5,9-10H2,(H,22,23,25). The van der Waals surface area contributed by atoms with Crippen molar-refractivity contribution in [2.24, 2.45) is 0 Å². The number of anilines is 1. The normalized spacial score (nSPS) is 17.2. The van der Waals surface area contributed by atoms with Gasteiger partial charge in [-0.1, -0.05) is 15.9 Å². The molecule has 1 saturated carbocycles. The lowest BCUT2D eigenvalue weighted by Gasteiger charge is -2.34. The number of fused-ring (bicyclic) bond motifs is 3. The van der Waals surface area contributed by atoms with Crippen molar-refractivity contribution in [2.45, 2.75) is 18.3 Å². The van der Waals surface area contributed by atoms with Crippen molar-refractivity contribution in [1.29, 1.82) is 0 Å². The number of amides is 2. The van der Waals surface area contributed by atoms with Gasteiger partial charge in [-0.25, -0.2) is 0 Å². The van der Waals surface area contributed by atoms with Crippen molar-refractivity contribution in [3.05, 3.63) is 52.3 Å². The van der Waals surface area contributed by atoms with E-state index in [4.69, 9.17) is 4.42 Å². The Morgan fingerprint density at radius 3 is 2.96 bits per heavy atom. The molecule has 1 N–H and O–H groups in total. The summed E-state index contributed by atoms with van der Waals surface area (Å²) in [5, 5.41) is 2.63. The summed E-state index contributed by atoms with van der Waals surface area (Å²) in [4.78, 5) is 35.1. The number of aromatic nitrogens is 2. The molecule has 0 atom stereocenters. The molecule has 0 saturated heterocycles. The Morgan fingerprint density at radius 2 is 2.19 bits per heavy atom. The molecule has 0 radical (unpaired) electrons. The van der Waals surface area contributed by atoms with E-state index in [0.29, 0.717) is 23.2 Å². The molecule has 1 aliphatic carbocycles. The third kappa shape index (κ3) is 2.80. The summed E-state index contributed by atoms with van der Waals surface area (Å²) in [7, 11) is 0. The number of nitrogens with one attached hydrogen (secondary N) is 1. The number of carbonyl (C=O) groups excluding carboxylic acids is 2. The fraction of sp³-hybridized carbons (Fsp3) is 0.263. The number of oxazole rings is 1. The zero-order valence-electron chi connectivity index (χ0n) is 14.2. The molecule has 8 heteroatoms. The van der Waals surface area contributed by atoms with Crippen LogP contribution in [0.3, 0.4) is 0 Å². The van der Waals surface area contributed by atoms with E-state index in [2.05, 4.69) is 31.2 Å². The van der Waals surface area contributed by atoms with E-state index < -0.39 is 0 Å². The highest BCUT2D eigenvalue weighted by Gasteiger charge is 2.51. The van der Waals surface area contributed by atoms with Crippen LogP contribution in [0, 0.1) is 0 Å². The average molecular weight is 427 g/mol. The molecular weight excluding hydrogens is 412 g/mol. The number of carbonyl (C=O) groups is 2. The van der Waals surface area contributed by atoms with E-state index >= 15 is 0 Å². The maximum Gasteiger partial charge on any atom is 0.302 e. The molecular formula is C19H15BrN4O3. The zero-order chi connectivity index (χ0) is 18.6. The Balaban J connectivity index is 1.35. The van der Waals surface area contributed by atoms with Gasteiger partial charge in [-0.2, -0.15) is 4.98 Å². The first-order valence-corrected chi connectivity index (χ1v) is 9.43. The van der Waals surface area contributed by atoms with Gasteiger partial charge < -0.3 is 9.32 Å². The molecule has 1 aliphatic heterocycles. The Labute approximate surface area is 162 Å². The van der Waals surface area contributed by atoms with Gasteiger partial charge in [-0.3, -0.25) is 19.9 Å². The molecule has 1 fully saturated rings. The van der Waals surface area contributed by atoms with Crippen LogP contribution in [0.4, 0.5) is 6.01 Å². The summed E-state index contributed by atoms with van der Waals surface area (Å²) in [6.07, 6.45) is 5.20. The third-order valence-electron chi connectivity index (χ3n) is 5.19. The van der Waals surface area contributed by atoms with Crippen molar-refractivity contribution in [3.63, 3.8) is 0 Å². The monoisotopic (exact) mass is 426 g/mol. The molecule has 1 aromatic carbocycles. The highest BCUT2D eigenvalue weighted by molar-refractivity contribution is 9.10. The smallest absolute Gasteiger partial charge is 0.302 e. The Morgan fingerprint density at radius 1 is 1.33 bits per heavy atom. The molecule has 136 valence electrons. The average Bonchev–Trinajstić information content (AvgIpc) is 3.30. The summed E-state index contributed by atoms with van der Waals surface area (Å²) in [5.74, 6) is -0.453. The Kier molecular flexibility index (Phi) is 3.58. The Hall–Kier alpha value is -2.74. The van der Waals surface area contributed by atoms with E-state index in [1.54, 1.807) is 17.2 Å².